The van der Waals surface area contributed by atoms with E-state index in [1.165, 1.54) is 12.8 Å². The molecule has 1 fully saturated rings. The number of anilines is 1. The molecule has 1 heterocycles. The second-order valence-electron chi connectivity index (χ2n) is 4.82. The van der Waals surface area contributed by atoms with E-state index >= 15 is 0 Å². The molecule has 98 valence electrons. The Kier molecular flexibility index (Phi) is 4.20. The van der Waals surface area contributed by atoms with Crippen molar-refractivity contribution in [2.45, 2.75) is 19.8 Å². The predicted molar refractivity (Wildman–Crippen MR) is 71.5 cm³/mol. The van der Waals surface area contributed by atoms with Gasteiger partial charge in [0.2, 0.25) is 0 Å². The van der Waals surface area contributed by atoms with Gasteiger partial charge in [0.15, 0.2) is 0 Å². The molecule has 0 bridgehead atoms. The van der Waals surface area contributed by atoms with Gasteiger partial charge < -0.3 is 10.5 Å². The van der Waals surface area contributed by atoms with Crippen molar-refractivity contribution < 1.29 is 9.53 Å². The maximum absolute atomic E-state index is 11.8. The van der Waals surface area contributed by atoms with E-state index < -0.39 is 0 Å². The van der Waals surface area contributed by atoms with E-state index in [1.807, 2.05) is 13.0 Å². The summed E-state index contributed by atoms with van der Waals surface area (Å²) < 4.78 is 5.26. The van der Waals surface area contributed by atoms with Crippen molar-refractivity contribution in [3.05, 3.63) is 29.3 Å². The van der Waals surface area contributed by atoms with Crippen LogP contribution in [0.4, 0.5) is 5.69 Å². The number of carbonyl (C=O) groups is 1. The number of esters is 1. The van der Waals surface area contributed by atoms with Crippen LogP contribution in [0, 0.1) is 6.92 Å². The Balaban J connectivity index is 1.83. The van der Waals surface area contributed by atoms with Crippen LogP contribution in [0.3, 0.4) is 0 Å². The van der Waals surface area contributed by atoms with Gasteiger partial charge in [-0.3, -0.25) is 4.90 Å². The molecule has 1 aromatic rings. The van der Waals surface area contributed by atoms with Crippen LogP contribution in [-0.4, -0.2) is 37.1 Å². The first kappa shape index (κ1) is 12.9. The molecule has 2 rings (SSSR count). The molecule has 4 heteroatoms. The molecule has 0 aliphatic carbocycles. The number of likely N-dealkylation sites (tertiary alicyclic amines) is 1. The van der Waals surface area contributed by atoms with Gasteiger partial charge in [-0.2, -0.15) is 0 Å². The van der Waals surface area contributed by atoms with Gasteiger partial charge in [0.1, 0.15) is 6.61 Å². The van der Waals surface area contributed by atoms with Crippen molar-refractivity contribution in [3.8, 4) is 0 Å². The Labute approximate surface area is 108 Å². The van der Waals surface area contributed by atoms with Crippen molar-refractivity contribution in [2.24, 2.45) is 0 Å². The predicted octanol–water partition coefficient (Wildman–Crippen LogP) is 1.83. The lowest BCUT2D eigenvalue weighted by molar-refractivity contribution is 0.0472. The second kappa shape index (κ2) is 5.87. The van der Waals surface area contributed by atoms with E-state index in [2.05, 4.69) is 4.90 Å². The maximum atomic E-state index is 11.8. The van der Waals surface area contributed by atoms with E-state index in [-0.39, 0.29) is 5.97 Å². The van der Waals surface area contributed by atoms with Gasteiger partial charge in [-0.1, -0.05) is 0 Å². The lowest BCUT2D eigenvalue weighted by Crippen LogP contribution is -2.25. The van der Waals surface area contributed by atoms with Crippen LogP contribution in [0.1, 0.15) is 28.8 Å². The summed E-state index contributed by atoms with van der Waals surface area (Å²) in [6.45, 7) is 5.43. The molecule has 4 nitrogen and oxygen atoms in total. The number of aryl methyl sites for hydroxylation is 1. The van der Waals surface area contributed by atoms with Gasteiger partial charge in [-0.05, 0) is 56.6 Å². The molecule has 0 saturated carbocycles. The summed E-state index contributed by atoms with van der Waals surface area (Å²) in [5.41, 5.74) is 7.82. The third-order valence-corrected chi connectivity index (χ3v) is 3.17. The summed E-state index contributed by atoms with van der Waals surface area (Å²) >= 11 is 0. The van der Waals surface area contributed by atoms with Crippen LogP contribution in [-0.2, 0) is 4.74 Å². The normalized spacial score (nSPS) is 15.8. The molecule has 1 aromatic carbocycles. The van der Waals surface area contributed by atoms with Crippen molar-refractivity contribution in [2.75, 3.05) is 32.0 Å². The van der Waals surface area contributed by atoms with E-state index in [0.29, 0.717) is 17.9 Å². The number of benzene rings is 1. The molecule has 2 N–H and O–H groups in total. The SMILES string of the molecule is Cc1cc(N)cc(C(=O)OCCN2CCCC2)c1. The van der Waals surface area contributed by atoms with Gasteiger partial charge in [-0.25, -0.2) is 4.79 Å². The largest absolute Gasteiger partial charge is 0.461 e. The van der Waals surface area contributed by atoms with Crippen molar-refractivity contribution in [1.82, 2.24) is 4.90 Å². The van der Waals surface area contributed by atoms with Crippen LogP contribution < -0.4 is 5.73 Å². The van der Waals surface area contributed by atoms with Crippen LogP contribution in [0.5, 0.6) is 0 Å². The Morgan fingerprint density at radius 3 is 2.72 bits per heavy atom. The molecule has 0 unspecified atom stereocenters. The summed E-state index contributed by atoms with van der Waals surface area (Å²) in [4.78, 5) is 14.1. The Hall–Kier alpha value is -1.55. The summed E-state index contributed by atoms with van der Waals surface area (Å²) in [6.07, 6.45) is 2.50. The molecule has 1 saturated heterocycles. The van der Waals surface area contributed by atoms with E-state index in [0.717, 1.165) is 25.2 Å². The number of carbonyl (C=O) groups excluding carboxylic acids is 1. The number of rotatable bonds is 4. The molecule has 0 spiro atoms. The van der Waals surface area contributed by atoms with Gasteiger partial charge in [0, 0.05) is 12.2 Å². The van der Waals surface area contributed by atoms with Gasteiger partial charge in [-0.15, -0.1) is 0 Å². The van der Waals surface area contributed by atoms with E-state index in [1.54, 1.807) is 12.1 Å². The number of ether oxygens (including phenoxy) is 1. The summed E-state index contributed by atoms with van der Waals surface area (Å²) in [5, 5.41) is 0. The van der Waals surface area contributed by atoms with Gasteiger partial charge in [0.25, 0.3) is 0 Å². The average Bonchev–Trinajstić information content (AvgIpc) is 2.80. The van der Waals surface area contributed by atoms with Crippen LogP contribution in [0.15, 0.2) is 18.2 Å². The third-order valence-electron chi connectivity index (χ3n) is 3.17. The van der Waals surface area contributed by atoms with Crippen LogP contribution in [0.25, 0.3) is 0 Å². The average molecular weight is 248 g/mol. The van der Waals surface area contributed by atoms with E-state index in [9.17, 15) is 4.79 Å². The van der Waals surface area contributed by atoms with Crippen molar-refractivity contribution >= 4 is 11.7 Å². The molecule has 0 amide bonds. The quantitative estimate of drug-likeness (QED) is 0.652. The van der Waals surface area contributed by atoms with Crippen molar-refractivity contribution in [1.29, 1.82) is 0 Å². The number of hydrogen-bond donors (Lipinski definition) is 1. The zero-order valence-electron chi connectivity index (χ0n) is 10.8. The Morgan fingerprint density at radius 2 is 2.06 bits per heavy atom. The monoisotopic (exact) mass is 248 g/mol. The standard InChI is InChI=1S/C14H20N2O2/c1-11-8-12(10-13(15)9-11)14(17)18-7-6-16-4-2-3-5-16/h8-10H,2-7,15H2,1H3. The highest BCUT2D eigenvalue weighted by Gasteiger charge is 2.13. The summed E-state index contributed by atoms with van der Waals surface area (Å²) in [5.74, 6) is -0.287. The molecule has 18 heavy (non-hydrogen) atoms. The number of nitrogen functional groups attached to an aromatic ring is 1. The Bertz CT molecular complexity index is 406. The third kappa shape index (κ3) is 3.47. The molecule has 0 radical (unpaired) electrons. The summed E-state index contributed by atoms with van der Waals surface area (Å²) in [6, 6.07) is 5.29. The number of hydrogen-bond acceptors (Lipinski definition) is 4. The van der Waals surface area contributed by atoms with Crippen LogP contribution >= 0.6 is 0 Å². The topological polar surface area (TPSA) is 55.6 Å². The second-order valence-corrected chi connectivity index (χ2v) is 4.82. The molecular weight excluding hydrogens is 228 g/mol. The molecular formula is C14H20N2O2. The first-order chi connectivity index (χ1) is 8.65. The highest BCUT2D eigenvalue weighted by atomic mass is 16.5. The molecule has 1 aliphatic rings. The fourth-order valence-corrected chi connectivity index (χ4v) is 2.29. The zero-order valence-corrected chi connectivity index (χ0v) is 10.8. The van der Waals surface area contributed by atoms with Crippen LogP contribution in [0.2, 0.25) is 0 Å². The smallest absolute Gasteiger partial charge is 0.338 e. The Morgan fingerprint density at radius 1 is 1.33 bits per heavy atom. The zero-order chi connectivity index (χ0) is 13.0. The van der Waals surface area contributed by atoms with Gasteiger partial charge >= 0.3 is 5.97 Å². The summed E-state index contributed by atoms with van der Waals surface area (Å²) in [7, 11) is 0. The molecule has 0 aromatic heterocycles. The number of nitrogens with zero attached hydrogens (tertiary/aromatic N) is 1. The lowest BCUT2D eigenvalue weighted by Gasteiger charge is -2.14. The fraction of sp³-hybridized carbons (Fsp3) is 0.500. The first-order valence-electron chi connectivity index (χ1n) is 6.42. The minimum absolute atomic E-state index is 0.287. The van der Waals surface area contributed by atoms with Crippen molar-refractivity contribution in [3.63, 3.8) is 0 Å². The van der Waals surface area contributed by atoms with Gasteiger partial charge in [0.05, 0.1) is 5.56 Å². The molecule has 1 aliphatic heterocycles. The highest BCUT2D eigenvalue weighted by molar-refractivity contribution is 5.90. The minimum atomic E-state index is -0.287. The minimum Gasteiger partial charge on any atom is -0.461 e. The van der Waals surface area contributed by atoms with E-state index in [4.69, 9.17) is 10.5 Å². The highest BCUT2D eigenvalue weighted by Crippen LogP contribution is 2.12. The lowest BCUT2D eigenvalue weighted by atomic mass is 10.1. The maximum Gasteiger partial charge on any atom is 0.338 e. The number of nitrogens with two attached hydrogens (primary N) is 1. The molecule has 0 atom stereocenters. The fourth-order valence-electron chi connectivity index (χ4n) is 2.29. The first-order valence-corrected chi connectivity index (χ1v) is 6.42.